The second kappa shape index (κ2) is 4.94. The Morgan fingerprint density at radius 1 is 1.13 bits per heavy atom. The van der Waals surface area contributed by atoms with E-state index < -0.39 is 5.54 Å². The molecule has 1 heterocycles. The number of aryl methyl sites for hydroxylation is 2. The van der Waals surface area contributed by atoms with E-state index in [2.05, 4.69) is 20.5 Å². The van der Waals surface area contributed by atoms with Crippen LogP contribution in [0.4, 0.5) is 5.95 Å². The van der Waals surface area contributed by atoms with E-state index in [-0.39, 0.29) is 0 Å². The third kappa shape index (κ3) is 3.18. The summed E-state index contributed by atoms with van der Waals surface area (Å²) in [6.45, 7) is 5.65. The van der Waals surface area contributed by atoms with Gasteiger partial charge in [0.1, 0.15) is 0 Å². The number of anilines is 1. The molecule has 0 spiro atoms. The average Bonchev–Trinajstić information content (AvgIpc) is 2.23. The highest BCUT2D eigenvalue weighted by Crippen LogP contribution is 2.15. The van der Waals surface area contributed by atoms with Crippen LogP contribution in [0.15, 0.2) is 0 Å². The van der Waals surface area contributed by atoms with Gasteiger partial charge in [0, 0.05) is 11.8 Å². The van der Waals surface area contributed by atoms with Crippen molar-refractivity contribution < 1.29 is 0 Å². The van der Waals surface area contributed by atoms with Gasteiger partial charge >= 0.3 is 0 Å². The van der Waals surface area contributed by atoms with Crippen LogP contribution in [0.5, 0.6) is 0 Å². The Kier molecular flexibility index (Phi) is 4.11. The van der Waals surface area contributed by atoms with Gasteiger partial charge in [0.25, 0.3) is 0 Å². The molecule has 0 aromatic carbocycles. The summed E-state index contributed by atoms with van der Waals surface area (Å²) in [5, 5.41) is 11.0. The van der Waals surface area contributed by atoms with E-state index in [1.165, 1.54) is 0 Å². The second-order valence-electron chi connectivity index (χ2n) is 3.76. The summed E-state index contributed by atoms with van der Waals surface area (Å²) in [5.74, 6) is 1.22. The lowest BCUT2D eigenvalue weighted by Gasteiger charge is -2.25. The number of alkyl halides is 2. The summed E-state index contributed by atoms with van der Waals surface area (Å²) >= 11 is 11.6. The van der Waals surface area contributed by atoms with Crippen molar-refractivity contribution >= 4 is 29.2 Å². The summed E-state index contributed by atoms with van der Waals surface area (Å²) in [4.78, 5) is 4.25. The van der Waals surface area contributed by atoms with Crippen LogP contribution < -0.4 is 5.32 Å². The molecule has 0 saturated carbocycles. The van der Waals surface area contributed by atoms with Gasteiger partial charge in [-0.25, -0.2) is 4.98 Å². The molecule has 1 N–H and O–H groups in total. The van der Waals surface area contributed by atoms with Crippen molar-refractivity contribution in [3.63, 3.8) is 0 Å². The summed E-state index contributed by atoms with van der Waals surface area (Å²) in [7, 11) is 0. The van der Waals surface area contributed by atoms with E-state index in [0.717, 1.165) is 11.4 Å². The number of aromatic nitrogens is 3. The smallest absolute Gasteiger partial charge is 0.243 e. The molecule has 0 unspecified atom stereocenters. The molecule has 1 aromatic rings. The second-order valence-corrected chi connectivity index (χ2v) is 4.29. The Bertz CT molecular complexity index is 339. The van der Waals surface area contributed by atoms with E-state index >= 15 is 0 Å². The molecule has 0 aliphatic rings. The van der Waals surface area contributed by atoms with Gasteiger partial charge < -0.3 is 5.32 Å². The van der Waals surface area contributed by atoms with Crippen LogP contribution in [-0.4, -0.2) is 32.5 Å². The molecule has 0 bridgehead atoms. The zero-order chi connectivity index (χ0) is 11.5. The molecule has 6 heteroatoms. The molecule has 0 fully saturated rings. The largest absolute Gasteiger partial charge is 0.345 e. The molecule has 15 heavy (non-hydrogen) atoms. The number of halogens is 2. The van der Waals surface area contributed by atoms with Gasteiger partial charge in [0.15, 0.2) is 0 Å². The maximum absolute atomic E-state index is 5.81. The molecule has 0 aliphatic carbocycles. The van der Waals surface area contributed by atoms with Gasteiger partial charge in [-0.05, 0) is 20.8 Å². The third-order valence-electron chi connectivity index (χ3n) is 2.10. The molecule has 4 nitrogen and oxygen atoms in total. The average molecular weight is 249 g/mol. The highest BCUT2D eigenvalue weighted by molar-refractivity contribution is 6.22. The first kappa shape index (κ1) is 12.5. The SMILES string of the molecule is Cc1nnc(NC(C)(CCl)CCl)nc1C. The van der Waals surface area contributed by atoms with Crippen molar-refractivity contribution in [2.24, 2.45) is 0 Å². The van der Waals surface area contributed by atoms with Crippen molar-refractivity contribution in [1.82, 2.24) is 15.2 Å². The maximum atomic E-state index is 5.81. The predicted octanol–water partition coefficient (Wildman–Crippen LogP) is 2.14. The fraction of sp³-hybridized carbons (Fsp3) is 0.667. The lowest BCUT2D eigenvalue weighted by Crippen LogP contribution is -2.39. The number of hydrogen-bond donors (Lipinski definition) is 1. The van der Waals surface area contributed by atoms with E-state index in [1.54, 1.807) is 0 Å². The van der Waals surface area contributed by atoms with Crippen LogP contribution in [0, 0.1) is 13.8 Å². The highest BCUT2D eigenvalue weighted by Gasteiger charge is 2.23. The van der Waals surface area contributed by atoms with Gasteiger partial charge in [-0.15, -0.1) is 28.3 Å². The summed E-state index contributed by atoms with van der Waals surface area (Å²) in [6.07, 6.45) is 0. The first-order valence-electron chi connectivity index (χ1n) is 4.59. The minimum Gasteiger partial charge on any atom is -0.345 e. The molecular formula is C9H14Cl2N4. The molecule has 0 aliphatic heterocycles. The third-order valence-corrected chi connectivity index (χ3v) is 3.28. The number of nitrogens with zero attached hydrogens (tertiary/aromatic N) is 3. The van der Waals surface area contributed by atoms with Crippen molar-refractivity contribution in [3.8, 4) is 0 Å². The fourth-order valence-corrected chi connectivity index (χ4v) is 1.30. The standard InChI is InChI=1S/C9H14Cl2N4/c1-6-7(2)14-15-8(12-6)13-9(3,4-10)5-11/h4-5H2,1-3H3,(H,12,13,15). The van der Waals surface area contributed by atoms with E-state index in [9.17, 15) is 0 Å². The number of hydrogen-bond acceptors (Lipinski definition) is 4. The lowest BCUT2D eigenvalue weighted by atomic mass is 10.1. The van der Waals surface area contributed by atoms with E-state index in [4.69, 9.17) is 23.2 Å². The van der Waals surface area contributed by atoms with Gasteiger partial charge in [0.2, 0.25) is 5.95 Å². The molecule has 0 amide bonds. The fourth-order valence-electron chi connectivity index (χ4n) is 0.882. The molecular weight excluding hydrogens is 235 g/mol. The highest BCUT2D eigenvalue weighted by atomic mass is 35.5. The van der Waals surface area contributed by atoms with Gasteiger partial charge in [-0.1, -0.05) is 0 Å². The van der Waals surface area contributed by atoms with Crippen molar-refractivity contribution in [3.05, 3.63) is 11.4 Å². The van der Waals surface area contributed by atoms with Crippen LogP contribution in [0.2, 0.25) is 0 Å². The van der Waals surface area contributed by atoms with Crippen LogP contribution in [-0.2, 0) is 0 Å². The first-order chi connectivity index (χ1) is 7.00. The summed E-state index contributed by atoms with van der Waals surface area (Å²) in [5.41, 5.74) is 1.25. The minimum atomic E-state index is -0.410. The van der Waals surface area contributed by atoms with Gasteiger partial charge in [0.05, 0.1) is 16.9 Å². The van der Waals surface area contributed by atoms with Crippen molar-refractivity contribution in [1.29, 1.82) is 0 Å². The molecule has 84 valence electrons. The predicted molar refractivity (Wildman–Crippen MR) is 62.8 cm³/mol. The van der Waals surface area contributed by atoms with Crippen LogP contribution >= 0.6 is 23.2 Å². The zero-order valence-electron chi connectivity index (χ0n) is 9.01. The van der Waals surface area contributed by atoms with Crippen LogP contribution in [0.1, 0.15) is 18.3 Å². The Balaban J connectivity index is 2.85. The first-order valence-corrected chi connectivity index (χ1v) is 5.66. The van der Waals surface area contributed by atoms with Crippen molar-refractivity contribution in [2.45, 2.75) is 26.3 Å². The van der Waals surface area contributed by atoms with Crippen molar-refractivity contribution in [2.75, 3.05) is 17.1 Å². The lowest BCUT2D eigenvalue weighted by molar-refractivity contribution is 0.635. The Morgan fingerprint density at radius 2 is 1.73 bits per heavy atom. The maximum Gasteiger partial charge on any atom is 0.243 e. The normalized spacial score (nSPS) is 11.5. The van der Waals surface area contributed by atoms with E-state index in [0.29, 0.717) is 17.7 Å². The Labute approximate surface area is 99.4 Å². The van der Waals surface area contributed by atoms with Crippen LogP contribution in [0.25, 0.3) is 0 Å². The van der Waals surface area contributed by atoms with Crippen LogP contribution in [0.3, 0.4) is 0 Å². The summed E-state index contributed by atoms with van der Waals surface area (Å²) in [6, 6.07) is 0. The Morgan fingerprint density at radius 3 is 2.20 bits per heavy atom. The molecule has 1 aromatic heterocycles. The molecule has 1 rings (SSSR count). The molecule has 0 atom stereocenters. The minimum absolute atomic E-state index is 0.382. The van der Waals surface area contributed by atoms with Gasteiger partial charge in [-0.2, -0.15) is 5.10 Å². The Hall–Kier alpha value is -0.610. The number of nitrogens with one attached hydrogen (secondary N) is 1. The molecule has 0 saturated heterocycles. The molecule has 0 radical (unpaired) electrons. The summed E-state index contributed by atoms with van der Waals surface area (Å²) < 4.78 is 0. The monoisotopic (exact) mass is 248 g/mol. The quantitative estimate of drug-likeness (QED) is 0.830. The topological polar surface area (TPSA) is 50.7 Å². The zero-order valence-corrected chi connectivity index (χ0v) is 10.5. The number of rotatable bonds is 4. The van der Waals surface area contributed by atoms with Gasteiger partial charge in [-0.3, -0.25) is 0 Å². The van der Waals surface area contributed by atoms with E-state index in [1.807, 2.05) is 20.8 Å².